The molecule has 0 radical (unpaired) electrons. The van der Waals surface area contributed by atoms with E-state index in [2.05, 4.69) is 50.8 Å². The van der Waals surface area contributed by atoms with Crippen molar-refractivity contribution in [2.24, 2.45) is 0 Å². The fraction of sp³-hybridized carbons (Fsp3) is 0.324. The molecule has 2 aliphatic heterocycles. The maximum atomic E-state index is 12.7. The van der Waals surface area contributed by atoms with Crippen LogP contribution in [0.5, 0.6) is 0 Å². The van der Waals surface area contributed by atoms with E-state index in [1.54, 1.807) is 0 Å². The number of anilines is 1. The maximum Gasteiger partial charge on any atom is 0.319 e. The molecule has 0 bridgehead atoms. The van der Waals surface area contributed by atoms with E-state index in [-0.39, 0.29) is 24.8 Å². The Balaban J connectivity index is 1.11. The van der Waals surface area contributed by atoms with Gasteiger partial charge in [-0.1, -0.05) is 97.1 Å². The average molecular weight is 607 g/mol. The Kier molecular flexibility index (Phi) is 10.5. The van der Waals surface area contributed by atoms with Gasteiger partial charge in [-0.05, 0) is 34.4 Å². The summed E-state index contributed by atoms with van der Waals surface area (Å²) in [6, 6.07) is 35.8. The van der Waals surface area contributed by atoms with Gasteiger partial charge >= 0.3 is 6.03 Å². The number of urea groups is 1. The minimum absolute atomic E-state index is 0.00906. The van der Waals surface area contributed by atoms with Crippen molar-refractivity contribution >= 4 is 11.7 Å². The van der Waals surface area contributed by atoms with E-state index >= 15 is 0 Å². The lowest BCUT2D eigenvalue weighted by molar-refractivity contribution is -0.253. The molecule has 0 aromatic heterocycles. The predicted molar refractivity (Wildman–Crippen MR) is 175 cm³/mol. The van der Waals surface area contributed by atoms with E-state index in [9.17, 15) is 9.90 Å². The Labute approximate surface area is 265 Å². The van der Waals surface area contributed by atoms with Crippen LogP contribution in [0.15, 0.2) is 109 Å². The lowest BCUT2D eigenvalue weighted by atomic mass is 9.99. The van der Waals surface area contributed by atoms with Crippen LogP contribution in [0.3, 0.4) is 0 Å². The first-order valence-corrected chi connectivity index (χ1v) is 15.8. The SMILES string of the molecule is O=C(NCc1ccccc1)Nc1cccc([C@@H]2O[C@H](CN3CCN(Cc4ccccc4)CC3)C[C@H](c3ccc(CO)cc3)O2)c1. The molecule has 0 unspecified atom stereocenters. The Morgan fingerprint density at radius 1 is 0.733 bits per heavy atom. The third-order valence-corrected chi connectivity index (χ3v) is 8.50. The molecule has 2 fully saturated rings. The number of ether oxygens (including phenoxy) is 2. The van der Waals surface area contributed by atoms with Crippen LogP contribution in [-0.2, 0) is 29.2 Å². The standard InChI is InChI=1S/C37H42N4O4/c42-27-30-14-16-31(17-15-30)35-23-34(26-41-20-18-40(19-21-41)25-29-10-5-2-6-11-29)44-36(45-35)32-12-7-13-33(22-32)39-37(43)38-24-28-8-3-1-4-9-28/h1-17,22,34-36,42H,18-21,23-27H2,(H2,38,39,43)/t34-,35+,36+/m0/s1. The quantitative estimate of drug-likeness (QED) is 0.210. The monoisotopic (exact) mass is 606 g/mol. The summed E-state index contributed by atoms with van der Waals surface area (Å²) in [7, 11) is 0. The zero-order valence-electron chi connectivity index (χ0n) is 25.6. The number of amides is 2. The summed E-state index contributed by atoms with van der Waals surface area (Å²) < 4.78 is 13.2. The molecule has 2 saturated heterocycles. The van der Waals surface area contributed by atoms with E-state index in [1.807, 2.05) is 78.9 Å². The van der Waals surface area contributed by atoms with E-state index in [4.69, 9.17) is 9.47 Å². The Bertz CT molecular complexity index is 1490. The van der Waals surface area contributed by atoms with Crippen molar-refractivity contribution in [3.8, 4) is 0 Å². The van der Waals surface area contributed by atoms with Gasteiger partial charge in [0.25, 0.3) is 0 Å². The largest absolute Gasteiger partial charge is 0.392 e. The highest BCUT2D eigenvalue weighted by Crippen LogP contribution is 2.38. The maximum absolute atomic E-state index is 12.7. The second kappa shape index (κ2) is 15.3. The summed E-state index contributed by atoms with van der Waals surface area (Å²) in [5.41, 5.74) is 5.84. The highest BCUT2D eigenvalue weighted by molar-refractivity contribution is 5.89. The summed E-state index contributed by atoms with van der Waals surface area (Å²) in [5, 5.41) is 15.4. The number of aliphatic hydroxyl groups is 1. The van der Waals surface area contributed by atoms with Crippen molar-refractivity contribution in [1.29, 1.82) is 0 Å². The lowest BCUT2D eigenvalue weighted by Crippen LogP contribution is -2.49. The summed E-state index contributed by atoms with van der Waals surface area (Å²) in [4.78, 5) is 17.7. The van der Waals surface area contributed by atoms with Gasteiger partial charge in [-0.15, -0.1) is 0 Å². The second-order valence-electron chi connectivity index (χ2n) is 11.8. The Morgan fingerprint density at radius 2 is 1.42 bits per heavy atom. The first-order valence-electron chi connectivity index (χ1n) is 15.8. The smallest absolute Gasteiger partial charge is 0.319 e. The number of nitrogens with one attached hydrogen (secondary N) is 2. The van der Waals surface area contributed by atoms with Gasteiger partial charge in [0.05, 0.1) is 18.8 Å². The van der Waals surface area contributed by atoms with E-state index in [0.29, 0.717) is 12.2 Å². The molecule has 234 valence electrons. The number of nitrogens with zero attached hydrogens (tertiary/aromatic N) is 2. The predicted octanol–water partition coefficient (Wildman–Crippen LogP) is 5.86. The topological polar surface area (TPSA) is 86.3 Å². The van der Waals surface area contributed by atoms with Gasteiger partial charge in [0.1, 0.15) is 0 Å². The molecular formula is C37H42N4O4. The molecule has 2 heterocycles. The molecule has 3 N–H and O–H groups in total. The summed E-state index contributed by atoms with van der Waals surface area (Å²) in [5.74, 6) is 0. The van der Waals surface area contributed by atoms with E-state index in [1.165, 1.54) is 5.56 Å². The minimum Gasteiger partial charge on any atom is -0.392 e. The number of aliphatic hydroxyl groups excluding tert-OH is 1. The van der Waals surface area contributed by atoms with Crippen LogP contribution >= 0.6 is 0 Å². The minimum atomic E-state index is -0.584. The van der Waals surface area contributed by atoms with Crippen LogP contribution < -0.4 is 10.6 Å². The van der Waals surface area contributed by atoms with Crippen LogP contribution in [-0.4, -0.2) is 59.8 Å². The van der Waals surface area contributed by atoms with Gasteiger partial charge in [0.15, 0.2) is 6.29 Å². The molecule has 3 atom stereocenters. The molecule has 6 rings (SSSR count). The number of carbonyl (C=O) groups excluding carboxylic acids is 1. The average Bonchev–Trinajstić information content (AvgIpc) is 3.09. The fourth-order valence-corrected chi connectivity index (χ4v) is 6.01. The summed E-state index contributed by atoms with van der Waals surface area (Å²) in [6.07, 6.45) is -0.0388. The van der Waals surface area contributed by atoms with Crippen molar-refractivity contribution in [2.45, 2.75) is 44.6 Å². The van der Waals surface area contributed by atoms with Crippen molar-refractivity contribution < 1.29 is 19.4 Å². The number of benzene rings is 4. The summed E-state index contributed by atoms with van der Waals surface area (Å²) in [6.45, 7) is 6.28. The highest BCUT2D eigenvalue weighted by Gasteiger charge is 2.34. The zero-order valence-corrected chi connectivity index (χ0v) is 25.6. The molecule has 2 amide bonds. The van der Waals surface area contributed by atoms with E-state index in [0.717, 1.165) is 67.9 Å². The van der Waals surface area contributed by atoms with Crippen LogP contribution in [0, 0.1) is 0 Å². The number of hydrogen-bond donors (Lipinski definition) is 3. The van der Waals surface area contributed by atoms with Crippen molar-refractivity contribution in [2.75, 3.05) is 38.0 Å². The van der Waals surface area contributed by atoms with E-state index < -0.39 is 6.29 Å². The lowest BCUT2D eigenvalue weighted by Gasteiger charge is -2.41. The molecule has 45 heavy (non-hydrogen) atoms. The Hall–Kier alpha value is -4.05. The van der Waals surface area contributed by atoms with Gasteiger partial charge in [-0.3, -0.25) is 9.80 Å². The summed E-state index contributed by atoms with van der Waals surface area (Å²) >= 11 is 0. The normalized spacial score (nSPS) is 20.9. The van der Waals surface area contributed by atoms with Crippen LogP contribution in [0.25, 0.3) is 0 Å². The molecule has 8 nitrogen and oxygen atoms in total. The fourth-order valence-electron chi connectivity index (χ4n) is 6.01. The third kappa shape index (κ3) is 8.78. The van der Waals surface area contributed by atoms with Crippen LogP contribution in [0.2, 0.25) is 0 Å². The number of piperazine rings is 1. The highest BCUT2D eigenvalue weighted by atomic mass is 16.7. The molecule has 0 saturated carbocycles. The van der Waals surface area contributed by atoms with Gasteiger partial charge < -0.3 is 25.2 Å². The van der Waals surface area contributed by atoms with Gasteiger partial charge in [-0.25, -0.2) is 4.79 Å². The molecule has 0 aliphatic carbocycles. The van der Waals surface area contributed by atoms with Gasteiger partial charge in [-0.2, -0.15) is 0 Å². The van der Waals surface area contributed by atoms with Gasteiger partial charge in [0, 0.05) is 63.5 Å². The zero-order chi connectivity index (χ0) is 30.8. The number of hydrogen-bond acceptors (Lipinski definition) is 6. The molecule has 4 aromatic rings. The van der Waals surface area contributed by atoms with Crippen molar-refractivity contribution in [3.63, 3.8) is 0 Å². The third-order valence-electron chi connectivity index (χ3n) is 8.50. The van der Waals surface area contributed by atoms with Gasteiger partial charge in [0.2, 0.25) is 0 Å². The molecule has 0 spiro atoms. The van der Waals surface area contributed by atoms with Crippen molar-refractivity contribution in [3.05, 3.63) is 137 Å². The first-order chi connectivity index (χ1) is 22.1. The molecule has 8 heteroatoms. The Morgan fingerprint density at radius 3 is 2.13 bits per heavy atom. The number of carbonyl (C=O) groups is 1. The van der Waals surface area contributed by atoms with Crippen LogP contribution in [0.4, 0.5) is 10.5 Å². The first kappa shape index (κ1) is 31.0. The van der Waals surface area contributed by atoms with Crippen molar-refractivity contribution in [1.82, 2.24) is 15.1 Å². The molecule has 2 aliphatic rings. The molecular weight excluding hydrogens is 564 g/mol. The number of rotatable bonds is 10. The molecule has 4 aromatic carbocycles. The second-order valence-corrected chi connectivity index (χ2v) is 11.8. The van der Waals surface area contributed by atoms with Crippen LogP contribution in [0.1, 0.15) is 46.6 Å².